The molecule has 1 rings (SSSR count). The number of rotatable bonds is 6. The lowest BCUT2D eigenvalue weighted by Crippen LogP contribution is -2.45. The van der Waals surface area contributed by atoms with Crippen LogP contribution in [0.5, 0.6) is 0 Å². The van der Waals surface area contributed by atoms with Crippen LogP contribution in [-0.4, -0.2) is 30.9 Å². The first-order chi connectivity index (χ1) is 9.72. The average Bonchev–Trinajstić information content (AvgIpc) is 2.36. The van der Waals surface area contributed by atoms with Crippen LogP contribution in [0.2, 0.25) is 5.02 Å². The van der Waals surface area contributed by atoms with Crippen molar-refractivity contribution in [3.05, 3.63) is 34.6 Å². The molecule has 0 aliphatic carbocycles. The molecule has 1 aromatic carbocycles. The van der Waals surface area contributed by atoms with Crippen molar-refractivity contribution in [2.45, 2.75) is 39.3 Å². The lowest BCUT2D eigenvalue weighted by molar-refractivity contribution is -0.131. The Hall–Kier alpha value is -1.13. The zero-order chi connectivity index (χ0) is 16.2. The van der Waals surface area contributed by atoms with E-state index in [9.17, 15) is 9.18 Å². The maximum atomic E-state index is 13.1. The molecule has 0 saturated heterocycles. The number of hydrogen-bond acceptors (Lipinski definition) is 2. The van der Waals surface area contributed by atoms with Crippen LogP contribution in [0.15, 0.2) is 18.2 Å². The van der Waals surface area contributed by atoms with Crippen LogP contribution in [0.3, 0.4) is 0 Å². The van der Waals surface area contributed by atoms with E-state index in [1.807, 2.05) is 6.92 Å². The Morgan fingerprint density at radius 2 is 1.95 bits per heavy atom. The summed E-state index contributed by atoms with van der Waals surface area (Å²) in [4.78, 5) is 13.8. The standard InChI is InChI=1S/C16H24ClFN2O/c1-10(2)8-15(16(21)20(4)5)19-11(3)13-7-6-12(18)9-14(13)17/h6-7,9-11,15,19H,8H2,1-5H3. The molecule has 1 aromatic rings. The van der Waals surface area contributed by atoms with Gasteiger partial charge in [0, 0.05) is 25.2 Å². The van der Waals surface area contributed by atoms with Crippen molar-refractivity contribution in [1.82, 2.24) is 10.2 Å². The SMILES string of the molecule is CC(C)CC(NC(C)c1ccc(F)cc1Cl)C(=O)N(C)C. The van der Waals surface area contributed by atoms with Crippen molar-refractivity contribution in [3.8, 4) is 0 Å². The van der Waals surface area contributed by atoms with E-state index < -0.39 is 0 Å². The third-order valence-corrected chi connectivity index (χ3v) is 3.65. The quantitative estimate of drug-likeness (QED) is 0.869. The van der Waals surface area contributed by atoms with E-state index in [0.29, 0.717) is 10.9 Å². The Kier molecular flexibility index (Phi) is 6.62. The molecule has 3 nitrogen and oxygen atoms in total. The van der Waals surface area contributed by atoms with E-state index in [-0.39, 0.29) is 23.8 Å². The van der Waals surface area contributed by atoms with E-state index in [1.165, 1.54) is 12.1 Å². The van der Waals surface area contributed by atoms with Crippen LogP contribution in [0.1, 0.15) is 38.8 Å². The number of carbonyl (C=O) groups excluding carboxylic acids is 1. The highest BCUT2D eigenvalue weighted by Gasteiger charge is 2.24. The van der Waals surface area contributed by atoms with Crippen LogP contribution in [0.4, 0.5) is 4.39 Å². The summed E-state index contributed by atoms with van der Waals surface area (Å²) < 4.78 is 13.1. The summed E-state index contributed by atoms with van der Waals surface area (Å²) in [6.07, 6.45) is 0.736. The minimum atomic E-state index is -0.362. The minimum Gasteiger partial charge on any atom is -0.347 e. The number of carbonyl (C=O) groups is 1. The van der Waals surface area contributed by atoms with Gasteiger partial charge in [0.1, 0.15) is 5.82 Å². The first kappa shape index (κ1) is 17.9. The molecule has 2 atom stereocenters. The zero-order valence-electron chi connectivity index (χ0n) is 13.3. The predicted molar refractivity (Wildman–Crippen MR) is 84.9 cm³/mol. The second-order valence-corrected chi connectivity index (χ2v) is 6.38. The highest BCUT2D eigenvalue weighted by molar-refractivity contribution is 6.31. The van der Waals surface area contributed by atoms with E-state index in [4.69, 9.17) is 11.6 Å². The van der Waals surface area contributed by atoms with E-state index in [0.717, 1.165) is 12.0 Å². The van der Waals surface area contributed by atoms with Gasteiger partial charge in [-0.3, -0.25) is 10.1 Å². The van der Waals surface area contributed by atoms with Gasteiger partial charge in [-0.1, -0.05) is 31.5 Å². The lowest BCUT2D eigenvalue weighted by atomic mass is 10.00. The summed E-state index contributed by atoms with van der Waals surface area (Å²) in [5.41, 5.74) is 0.790. The summed E-state index contributed by atoms with van der Waals surface area (Å²) in [6.45, 7) is 6.08. The number of nitrogens with zero attached hydrogens (tertiary/aromatic N) is 1. The molecule has 0 spiro atoms. The van der Waals surface area contributed by atoms with Crippen molar-refractivity contribution in [1.29, 1.82) is 0 Å². The smallest absolute Gasteiger partial charge is 0.239 e. The van der Waals surface area contributed by atoms with Gasteiger partial charge in [-0.25, -0.2) is 4.39 Å². The molecule has 0 heterocycles. The monoisotopic (exact) mass is 314 g/mol. The second-order valence-electron chi connectivity index (χ2n) is 5.97. The van der Waals surface area contributed by atoms with Crippen molar-refractivity contribution < 1.29 is 9.18 Å². The number of hydrogen-bond donors (Lipinski definition) is 1. The van der Waals surface area contributed by atoms with Crippen LogP contribution in [0.25, 0.3) is 0 Å². The Morgan fingerprint density at radius 1 is 1.33 bits per heavy atom. The fraction of sp³-hybridized carbons (Fsp3) is 0.562. The second kappa shape index (κ2) is 7.76. The van der Waals surface area contributed by atoms with Gasteiger partial charge in [0.25, 0.3) is 0 Å². The summed E-state index contributed by atoms with van der Waals surface area (Å²) in [5.74, 6) is 0.0649. The zero-order valence-corrected chi connectivity index (χ0v) is 14.0. The molecule has 0 bridgehead atoms. The maximum Gasteiger partial charge on any atom is 0.239 e. The molecule has 0 radical (unpaired) electrons. The maximum absolute atomic E-state index is 13.1. The number of likely N-dealkylation sites (N-methyl/N-ethyl adjacent to an activating group) is 1. The normalized spacial score (nSPS) is 14.1. The summed E-state index contributed by atoms with van der Waals surface area (Å²) in [6, 6.07) is 3.91. The van der Waals surface area contributed by atoms with Gasteiger partial charge in [0.15, 0.2) is 0 Å². The van der Waals surface area contributed by atoms with Crippen molar-refractivity contribution >= 4 is 17.5 Å². The van der Waals surface area contributed by atoms with Crippen LogP contribution in [-0.2, 0) is 4.79 Å². The third kappa shape index (κ3) is 5.29. The summed E-state index contributed by atoms with van der Waals surface area (Å²) in [5, 5.41) is 3.68. The highest BCUT2D eigenvalue weighted by Crippen LogP contribution is 2.24. The summed E-state index contributed by atoms with van der Waals surface area (Å²) in [7, 11) is 3.49. The highest BCUT2D eigenvalue weighted by atomic mass is 35.5. The van der Waals surface area contributed by atoms with Gasteiger partial charge in [-0.2, -0.15) is 0 Å². The largest absolute Gasteiger partial charge is 0.347 e. The molecular formula is C16H24ClFN2O. The average molecular weight is 315 g/mol. The van der Waals surface area contributed by atoms with Gasteiger partial charge in [0.05, 0.1) is 6.04 Å². The van der Waals surface area contributed by atoms with Gasteiger partial charge in [0.2, 0.25) is 5.91 Å². The molecule has 0 aromatic heterocycles. The topological polar surface area (TPSA) is 32.3 Å². The fourth-order valence-electron chi connectivity index (χ4n) is 2.27. The Labute approximate surface area is 131 Å². The lowest BCUT2D eigenvalue weighted by Gasteiger charge is -2.27. The van der Waals surface area contributed by atoms with Crippen molar-refractivity contribution in [2.24, 2.45) is 5.92 Å². The molecule has 1 N–H and O–H groups in total. The van der Waals surface area contributed by atoms with Crippen LogP contribution < -0.4 is 5.32 Å². The number of amides is 1. The molecule has 118 valence electrons. The van der Waals surface area contributed by atoms with Crippen LogP contribution >= 0.6 is 11.6 Å². The van der Waals surface area contributed by atoms with Gasteiger partial charge in [-0.05, 0) is 37.0 Å². The molecule has 21 heavy (non-hydrogen) atoms. The number of halogens is 2. The molecule has 2 unspecified atom stereocenters. The van der Waals surface area contributed by atoms with E-state index in [2.05, 4.69) is 19.2 Å². The molecule has 1 amide bonds. The van der Waals surface area contributed by atoms with Crippen molar-refractivity contribution in [2.75, 3.05) is 14.1 Å². The molecular weight excluding hydrogens is 291 g/mol. The predicted octanol–water partition coefficient (Wildman–Crippen LogP) is 3.63. The minimum absolute atomic E-state index is 0.0359. The van der Waals surface area contributed by atoms with E-state index >= 15 is 0 Å². The Bertz CT molecular complexity index is 491. The molecule has 0 fully saturated rings. The summed E-state index contributed by atoms with van der Waals surface area (Å²) >= 11 is 6.08. The Balaban J connectivity index is 2.89. The first-order valence-corrected chi connectivity index (χ1v) is 7.52. The van der Waals surface area contributed by atoms with Gasteiger partial charge in [-0.15, -0.1) is 0 Å². The molecule has 5 heteroatoms. The number of nitrogens with one attached hydrogen (secondary N) is 1. The molecule has 0 aliphatic heterocycles. The van der Waals surface area contributed by atoms with Crippen LogP contribution in [0, 0.1) is 11.7 Å². The van der Waals surface area contributed by atoms with Gasteiger partial charge >= 0.3 is 0 Å². The van der Waals surface area contributed by atoms with Crippen molar-refractivity contribution in [3.63, 3.8) is 0 Å². The third-order valence-electron chi connectivity index (χ3n) is 3.33. The Morgan fingerprint density at radius 3 is 2.43 bits per heavy atom. The molecule has 0 saturated carbocycles. The first-order valence-electron chi connectivity index (χ1n) is 7.14. The fourth-order valence-corrected chi connectivity index (χ4v) is 2.60. The number of benzene rings is 1. The molecule has 0 aliphatic rings. The van der Waals surface area contributed by atoms with E-state index in [1.54, 1.807) is 25.1 Å². The van der Waals surface area contributed by atoms with Gasteiger partial charge < -0.3 is 4.90 Å².